The van der Waals surface area contributed by atoms with Crippen LogP contribution in [0.25, 0.3) is 10.2 Å². The molecule has 0 unspecified atom stereocenters. The number of nitrogens with zero attached hydrogens (tertiary/aromatic N) is 1. The third-order valence-electron chi connectivity index (χ3n) is 4.22. The second-order valence-corrected chi connectivity index (χ2v) is 6.90. The van der Waals surface area contributed by atoms with E-state index in [9.17, 15) is 9.59 Å². The fraction of sp³-hybridized carbons (Fsp3) is 0.438. The van der Waals surface area contributed by atoms with E-state index in [2.05, 4.69) is 16.4 Å². The Bertz CT molecular complexity index is 717. The molecule has 2 aromatic rings. The lowest BCUT2D eigenvalue weighted by Gasteiger charge is -2.24. The molecule has 1 fully saturated rings. The Labute approximate surface area is 132 Å². The number of carboxylic acid groups (broad SMARTS) is 1. The van der Waals surface area contributed by atoms with Crippen LogP contribution in [0.4, 0.5) is 5.13 Å². The fourth-order valence-electron chi connectivity index (χ4n) is 2.90. The topological polar surface area (TPSA) is 79.3 Å². The van der Waals surface area contributed by atoms with Crippen LogP contribution in [0.3, 0.4) is 0 Å². The molecule has 1 aromatic heterocycles. The zero-order valence-electron chi connectivity index (χ0n) is 12.3. The molecule has 1 saturated carbocycles. The lowest BCUT2D eigenvalue weighted by atomic mass is 9.81. The van der Waals surface area contributed by atoms with Gasteiger partial charge in [-0.25, -0.2) is 4.98 Å². The molecule has 2 N–H and O–H groups in total. The number of nitrogens with one attached hydrogen (secondary N) is 1. The van der Waals surface area contributed by atoms with E-state index < -0.39 is 5.97 Å². The summed E-state index contributed by atoms with van der Waals surface area (Å²) >= 11 is 1.47. The van der Waals surface area contributed by atoms with Gasteiger partial charge in [-0.15, -0.1) is 0 Å². The summed E-state index contributed by atoms with van der Waals surface area (Å²) in [5, 5.41) is 12.5. The average Bonchev–Trinajstić information content (AvgIpc) is 2.88. The van der Waals surface area contributed by atoms with E-state index in [1.807, 2.05) is 19.1 Å². The molecule has 0 atom stereocenters. The van der Waals surface area contributed by atoms with Crippen LogP contribution in [0.2, 0.25) is 0 Å². The van der Waals surface area contributed by atoms with Gasteiger partial charge >= 0.3 is 5.97 Å². The van der Waals surface area contributed by atoms with Crippen LogP contribution < -0.4 is 5.32 Å². The van der Waals surface area contributed by atoms with E-state index in [-0.39, 0.29) is 17.7 Å². The van der Waals surface area contributed by atoms with Crippen molar-refractivity contribution in [1.29, 1.82) is 0 Å². The minimum Gasteiger partial charge on any atom is -0.481 e. The highest BCUT2D eigenvalue weighted by Crippen LogP contribution is 2.31. The van der Waals surface area contributed by atoms with Gasteiger partial charge in [-0.3, -0.25) is 9.59 Å². The Kier molecular flexibility index (Phi) is 4.11. The molecule has 1 amide bonds. The number of carbonyl (C=O) groups is 2. The Balaban J connectivity index is 1.65. The first-order valence-corrected chi connectivity index (χ1v) is 8.25. The minimum atomic E-state index is -0.750. The highest BCUT2D eigenvalue weighted by Gasteiger charge is 2.30. The second-order valence-electron chi connectivity index (χ2n) is 5.87. The summed E-state index contributed by atoms with van der Waals surface area (Å²) < 4.78 is 1.06. The number of benzene rings is 1. The maximum absolute atomic E-state index is 12.3. The van der Waals surface area contributed by atoms with Crippen LogP contribution >= 0.6 is 11.3 Å². The van der Waals surface area contributed by atoms with Gasteiger partial charge < -0.3 is 10.4 Å². The van der Waals surface area contributed by atoms with Crippen LogP contribution in [-0.4, -0.2) is 22.0 Å². The Morgan fingerprint density at radius 3 is 2.59 bits per heavy atom. The first kappa shape index (κ1) is 15.0. The van der Waals surface area contributed by atoms with Crippen molar-refractivity contribution in [1.82, 2.24) is 4.98 Å². The molecule has 6 heteroatoms. The third kappa shape index (κ3) is 3.11. The molecule has 0 radical (unpaired) electrons. The highest BCUT2D eigenvalue weighted by atomic mass is 32.1. The Morgan fingerprint density at radius 1 is 1.23 bits per heavy atom. The van der Waals surface area contributed by atoms with E-state index in [0.717, 1.165) is 10.2 Å². The molecule has 5 nitrogen and oxygen atoms in total. The predicted octanol–water partition coefficient (Wildman–Crippen LogP) is 3.43. The van der Waals surface area contributed by atoms with Gasteiger partial charge in [-0.05, 0) is 50.3 Å². The van der Waals surface area contributed by atoms with Crippen LogP contribution in [0, 0.1) is 18.8 Å². The summed E-state index contributed by atoms with van der Waals surface area (Å²) in [5.41, 5.74) is 2.06. The maximum Gasteiger partial charge on any atom is 0.306 e. The van der Waals surface area contributed by atoms with Crippen LogP contribution in [0.5, 0.6) is 0 Å². The normalized spacial score (nSPS) is 21.7. The molecule has 0 saturated heterocycles. The molecule has 0 bridgehead atoms. The van der Waals surface area contributed by atoms with E-state index in [1.54, 1.807) is 0 Å². The number of hydrogen-bond acceptors (Lipinski definition) is 4. The standard InChI is InChI=1S/C16H18N2O3S/c1-9-2-7-12-13(8-9)22-16(17-12)18-14(19)10-3-5-11(6-4-10)15(20)21/h2,7-8,10-11H,3-6H2,1H3,(H,20,21)(H,17,18,19). The van der Waals surface area contributed by atoms with Gasteiger partial charge in [0.2, 0.25) is 5.91 Å². The molecule has 116 valence electrons. The van der Waals surface area contributed by atoms with E-state index in [4.69, 9.17) is 5.11 Å². The van der Waals surface area contributed by atoms with Gasteiger partial charge in [0, 0.05) is 5.92 Å². The molecule has 0 spiro atoms. The molecule has 1 heterocycles. The summed E-state index contributed by atoms with van der Waals surface area (Å²) in [6.45, 7) is 2.03. The first-order valence-electron chi connectivity index (χ1n) is 7.44. The molecular weight excluding hydrogens is 300 g/mol. The van der Waals surface area contributed by atoms with Crippen LogP contribution in [-0.2, 0) is 9.59 Å². The number of carboxylic acids is 1. The van der Waals surface area contributed by atoms with Crippen LogP contribution in [0.1, 0.15) is 31.2 Å². The highest BCUT2D eigenvalue weighted by molar-refractivity contribution is 7.22. The molecule has 0 aliphatic heterocycles. The van der Waals surface area contributed by atoms with Crippen molar-refractivity contribution in [3.05, 3.63) is 23.8 Å². The number of amides is 1. The SMILES string of the molecule is Cc1ccc2nc(NC(=O)C3CCC(C(=O)O)CC3)sc2c1. The van der Waals surface area contributed by atoms with Gasteiger partial charge in [0.05, 0.1) is 16.1 Å². The van der Waals surface area contributed by atoms with Crippen molar-refractivity contribution >= 4 is 38.6 Å². The summed E-state index contributed by atoms with van der Waals surface area (Å²) in [6.07, 6.45) is 2.42. The number of rotatable bonds is 3. The fourth-order valence-corrected chi connectivity index (χ4v) is 3.86. The molecule has 1 aromatic carbocycles. The van der Waals surface area contributed by atoms with Crippen molar-refractivity contribution in [2.24, 2.45) is 11.8 Å². The zero-order valence-corrected chi connectivity index (χ0v) is 13.2. The number of aryl methyl sites for hydroxylation is 1. The number of aromatic nitrogens is 1. The molecule has 1 aliphatic rings. The molecule has 22 heavy (non-hydrogen) atoms. The quantitative estimate of drug-likeness (QED) is 0.908. The second kappa shape index (κ2) is 6.04. The van der Waals surface area contributed by atoms with Gasteiger partial charge in [-0.1, -0.05) is 17.4 Å². The van der Waals surface area contributed by atoms with E-state index in [1.165, 1.54) is 16.9 Å². The van der Waals surface area contributed by atoms with Crippen molar-refractivity contribution < 1.29 is 14.7 Å². The van der Waals surface area contributed by atoms with Gasteiger partial charge in [-0.2, -0.15) is 0 Å². The van der Waals surface area contributed by atoms with Crippen molar-refractivity contribution in [3.8, 4) is 0 Å². The van der Waals surface area contributed by atoms with Crippen molar-refractivity contribution in [2.45, 2.75) is 32.6 Å². The number of fused-ring (bicyclic) bond motifs is 1. The summed E-state index contributed by atoms with van der Waals surface area (Å²) in [6, 6.07) is 6.01. The molecular formula is C16H18N2O3S. The van der Waals surface area contributed by atoms with Gasteiger partial charge in [0.15, 0.2) is 5.13 Å². The summed E-state index contributed by atoms with van der Waals surface area (Å²) in [7, 11) is 0. The van der Waals surface area contributed by atoms with E-state index >= 15 is 0 Å². The number of hydrogen-bond donors (Lipinski definition) is 2. The smallest absolute Gasteiger partial charge is 0.306 e. The number of aliphatic carboxylic acids is 1. The van der Waals surface area contributed by atoms with Crippen molar-refractivity contribution in [3.63, 3.8) is 0 Å². The van der Waals surface area contributed by atoms with Gasteiger partial charge in [0.25, 0.3) is 0 Å². The Morgan fingerprint density at radius 2 is 1.91 bits per heavy atom. The van der Waals surface area contributed by atoms with Gasteiger partial charge in [0.1, 0.15) is 0 Å². The minimum absolute atomic E-state index is 0.0420. The lowest BCUT2D eigenvalue weighted by molar-refractivity contribution is -0.143. The van der Waals surface area contributed by atoms with Crippen LogP contribution in [0.15, 0.2) is 18.2 Å². The average molecular weight is 318 g/mol. The number of carbonyl (C=O) groups excluding carboxylic acids is 1. The largest absolute Gasteiger partial charge is 0.481 e. The molecule has 1 aliphatic carbocycles. The zero-order chi connectivity index (χ0) is 15.7. The summed E-state index contributed by atoms with van der Waals surface area (Å²) in [5.74, 6) is -1.20. The monoisotopic (exact) mass is 318 g/mol. The lowest BCUT2D eigenvalue weighted by Crippen LogP contribution is -2.29. The Hall–Kier alpha value is -1.95. The van der Waals surface area contributed by atoms with Crippen molar-refractivity contribution in [2.75, 3.05) is 5.32 Å². The molecule has 3 rings (SSSR count). The predicted molar refractivity (Wildman–Crippen MR) is 86.1 cm³/mol. The van der Waals surface area contributed by atoms with E-state index in [0.29, 0.717) is 30.8 Å². The number of anilines is 1. The summed E-state index contributed by atoms with van der Waals surface area (Å²) in [4.78, 5) is 27.7. The number of thiazole rings is 1. The first-order chi connectivity index (χ1) is 10.5. The maximum atomic E-state index is 12.3. The third-order valence-corrected chi connectivity index (χ3v) is 5.15.